The van der Waals surface area contributed by atoms with Crippen molar-refractivity contribution in [2.24, 2.45) is 0 Å². The number of nitrogens with zero attached hydrogens (tertiary/aromatic N) is 2. The van der Waals surface area contributed by atoms with Crippen LogP contribution in [-0.4, -0.2) is 15.8 Å². The van der Waals surface area contributed by atoms with Crippen LogP contribution in [-0.2, 0) is 0 Å². The topological polar surface area (TPSA) is 98.3 Å². The summed E-state index contributed by atoms with van der Waals surface area (Å²) in [7, 11) is 0. The molecule has 1 amide bonds. The Balaban J connectivity index is 1.65. The normalized spacial score (nSPS) is 10.9. The molecule has 7 nitrogen and oxygen atoms in total. The third-order valence-electron chi connectivity index (χ3n) is 4.55. The monoisotopic (exact) mass is 485 g/mol. The summed E-state index contributed by atoms with van der Waals surface area (Å²) in [6, 6.07) is 14.8. The van der Waals surface area contributed by atoms with Crippen molar-refractivity contribution >= 4 is 55.9 Å². The fourth-order valence-electron chi connectivity index (χ4n) is 3.05. The van der Waals surface area contributed by atoms with Crippen molar-refractivity contribution in [3.8, 4) is 11.5 Å². The summed E-state index contributed by atoms with van der Waals surface area (Å²) in [5, 5.41) is 14.4. The third-order valence-corrected chi connectivity index (χ3v) is 5.37. The van der Waals surface area contributed by atoms with Crippen molar-refractivity contribution in [2.45, 2.75) is 6.92 Å². The van der Waals surface area contributed by atoms with Gasteiger partial charge < -0.3 is 9.73 Å². The number of benzene rings is 3. The van der Waals surface area contributed by atoms with Crippen molar-refractivity contribution in [3.63, 3.8) is 0 Å². The number of hydrogen-bond acceptors (Lipinski definition) is 5. The van der Waals surface area contributed by atoms with Crippen molar-refractivity contribution in [3.05, 3.63) is 85.3 Å². The minimum atomic E-state index is -0.512. The second-order valence-electron chi connectivity index (χ2n) is 6.49. The molecule has 9 heteroatoms. The Morgan fingerprint density at radius 2 is 2.00 bits per heavy atom. The van der Waals surface area contributed by atoms with Gasteiger partial charge in [-0.15, -0.1) is 0 Å². The molecule has 4 aromatic rings. The fraction of sp³-hybridized carbons (Fsp3) is 0.0476. The largest absolute Gasteiger partial charge is 0.436 e. The molecule has 1 heterocycles. The zero-order chi connectivity index (χ0) is 21.4. The molecule has 1 N–H and O–H groups in total. The van der Waals surface area contributed by atoms with Crippen LogP contribution in [0.5, 0.6) is 0 Å². The maximum atomic E-state index is 12.7. The zero-order valence-corrected chi connectivity index (χ0v) is 17.8. The van der Waals surface area contributed by atoms with Crippen molar-refractivity contribution in [1.82, 2.24) is 4.98 Å². The number of nitrogens with one attached hydrogen (secondary N) is 1. The molecule has 0 aliphatic heterocycles. The van der Waals surface area contributed by atoms with E-state index in [4.69, 9.17) is 16.0 Å². The Morgan fingerprint density at radius 1 is 1.20 bits per heavy atom. The van der Waals surface area contributed by atoms with E-state index >= 15 is 0 Å². The van der Waals surface area contributed by atoms with Gasteiger partial charge in [0.1, 0.15) is 5.52 Å². The van der Waals surface area contributed by atoms with E-state index in [0.717, 1.165) is 4.47 Å². The SMILES string of the molecule is Cc1c(C(=O)Nc2ccc3oc(-c4cc(Br)ccc4Cl)nc3c2)cccc1[N+](=O)[O-]. The number of anilines is 1. The predicted octanol–water partition coefficient (Wildman–Crippen LogP) is 6.38. The number of oxazole rings is 1. The van der Waals surface area contributed by atoms with E-state index in [2.05, 4.69) is 26.2 Å². The van der Waals surface area contributed by atoms with Crippen LogP contribution in [0.2, 0.25) is 5.02 Å². The van der Waals surface area contributed by atoms with Crippen LogP contribution in [0.3, 0.4) is 0 Å². The van der Waals surface area contributed by atoms with Gasteiger partial charge >= 0.3 is 0 Å². The Labute approximate surface area is 184 Å². The molecule has 3 aromatic carbocycles. The molecule has 0 radical (unpaired) electrons. The van der Waals surface area contributed by atoms with E-state index < -0.39 is 10.8 Å². The molecule has 0 fully saturated rings. The van der Waals surface area contributed by atoms with Crippen LogP contribution < -0.4 is 5.32 Å². The lowest BCUT2D eigenvalue weighted by molar-refractivity contribution is -0.385. The number of carbonyl (C=O) groups is 1. The van der Waals surface area contributed by atoms with Gasteiger partial charge in [-0.2, -0.15) is 0 Å². The Hall–Kier alpha value is -3.23. The van der Waals surface area contributed by atoms with Gasteiger partial charge in [-0.05, 0) is 49.4 Å². The Kier molecular flexibility index (Phi) is 5.27. The quantitative estimate of drug-likeness (QED) is 0.266. The molecule has 150 valence electrons. The number of amides is 1. The van der Waals surface area contributed by atoms with Crippen LogP contribution in [0.25, 0.3) is 22.6 Å². The minimum absolute atomic E-state index is 0.106. The van der Waals surface area contributed by atoms with Crippen LogP contribution in [0.15, 0.2) is 63.5 Å². The first-order chi connectivity index (χ1) is 14.3. The second kappa shape index (κ2) is 7.89. The smallest absolute Gasteiger partial charge is 0.273 e. The highest BCUT2D eigenvalue weighted by atomic mass is 79.9. The molecule has 0 bridgehead atoms. The summed E-state index contributed by atoms with van der Waals surface area (Å²) in [4.78, 5) is 27.7. The van der Waals surface area contributed by atoms with Gasteiger partial charge in [-0.1, -0.05) is 33.6 Å². The minimum Gasteiger partial charge on any atom is -0.436 e. The lowest BCUT2D eigenvalue weighted by atomic mass is 10.1. The Bertz CT molecular complexity index is 1320. The zero-order valence-electron chi connectivity index (χ0n) is 15.5. The number of carbonyl (C=O) groups excluding carboxylic acids is 1. The summed E-state index contributed by atoms with van der Waals surface area (Å²) in [5.74, 6) is -0.0939. The van der Waals surface area contributed by atoms with E-state index in [-0.39, 0.29) is 11.3 Å². The van der Waals surface area contributed by atoms with Crippen molar-refractivity contribution < 1.29 is 14.1 Å². The van der Waals surface area contributed by atoms with E-state index in [9.17, 15) is 14.9 Å². The average molecular weight is 487 g/mol. The molecule has 0 saturated carbocycles. The van der Waals surface area contributed by atoms with Gasteiger partial charge in [0, 0.05) is 27.4 Å². The van der Waals surface area contributed by atoms with E-state index in [1.165, 1.54) is 12.1 Å². The summed E-state index contributed by atoms with van der Waals surface area (Å²) in [6.45, 7) is 1.54. The molecular weight excluding hydrogens is 474 g/mol. The van der Waals surface area contributed by atoms with Crippen LogP contribution in [0.4, 0.5) is 11.4 Å². The standard InChI is InChI=1S/C21H13BrClN3O4/c1-11-14(3-2-4-18(11)26(28)29)20(27)24-13-6-8-19-17(10-13)25-21(30-19)15-9-12(22)5-7-16(15)23/h2-10H,1H3,(H,24,27). The van der Waals surface area contributed by atoms with E-state index in [0.29, 0.717) is 38.8 Å². The third kappa shape index (κ3) is 3.79. The maximum absolute atomic E-state index is 12.7. The summed E-state index contributed by atoms with van der Waals surface area (Å²) < 4.78 is 6.63. The lowest BCUT2D eigenvalue weighted by Crippen LogP contribution is -2.14. The number of nitro benzene ring substituents is 1. The number of rotatable bonds is 4. The first-order valence-electron chi connectivity index (χ1n) is 8.75. The summed E-state index contributed by atoms with van der Waals surface area (Å²) >= 11 is 9.65. The van der Waals surface area contributed by atoms with Gasteiger partial charge in [0.15, 0.2) is 5.58 Å². The molecule has 30 heavy (non-hydrogen) atoms. The van der Waals surface area contributed by atoms with Crippen molar-refractivity contribution in [2.75, 3.05) is 5.32 Å². The summed E-state index contributed by atoms with van der Waals surface area (Å²) in [6.07, 6.45) is 0. The highest BCUT2D eigenvalue weighted by molar-refractivity contribution is 9.10. The highest BCUT2D eigenvalue weighted by Gasteiger charge is 2.19. The van der Waals surface area contributed by atoms with E-state index in [1.807, 2.05) is 6.07 Å². The molecule has 0 unspecified atom stereocenters. The number of hydrogen-bond donors (Lipinski definition) is 1. The lowest BCUT2D eigenvalue weighted by Gasteiger charge is -2.07. The molecular formula is C21H13BrClN3O4. The molecule has 0 saturated heterocycles. The summed E-state index contributed by atoms with van der Waals surface area (Å²) in [5.41, 5.74) is 2.61. The Morgan fingerprint density at radius 3 is 2.77 bits per heavy atom. The number of fused-ring (bicyclic) bond motifs is 1. The first-order valence-corrected chi connectivity index (χ1v) is 9.92. The van der Waals surface area contributed by atoms with Crippen molar-refractivity contribution in [1.29, 1.82) is 0 Å². The van der Waals surface area contributed by atoms with Gasteiger partial charge in [-0.25, -0.2) is 4.98 Å². The number of halogens is 2. The second-order valence-corrected chi connectivity index (χ2v) is 7.81. The van der Waals surface area contributed by atoms with Gasteiger partial charge in [-0.3, -0.25) is 14.9 Å². The molecule has 0 aliphatic carbocycles. The van der Waals surface area contributed by atoms with Crippen LogP contribution in [0, 0.1) is 17.0 Å². The number of nitro groups is 1. The van der Waals surface area contributed by atoms with Crippen LogP contribution >= 0.6 is 27.5 Å². The first kappa shape index (κ1) is 20.1. The van der Waals surface area contributed by atoms with Gasteiger partial charge in [0.2, 0.25) is 5.89 Å². The van der Waals surface area contributed by atoms with Gasteiger partial charge in [0.05, 0.1) is 15.5 Å². The fourth-order valence-corrected chi connectivity index (χ4v) is 3.61. The van der Waals surface area contributed by atoms with Gasteiger partial charge in [0.25, 0.3) is 11.6 Å². The molecule has 0 spiro atoms. The van der Waals surface area contributed by atoms with Crippen LogP contribution in [0.1, 0.15) is 15.9 Å². The average Bonchev–Trinajstić information content (AvgIpc) is 3.12. The highest BCUT2D eigenvalue weighted by Crippen LogP contribution is 2.33. The maximum Gasteiger partial charge on any atom is 0.273 e. The predicted molar refractivity (Wildman–Crippen MR) is 118 cm³/mol. The molecule has 4 rings (SSSR count). The molecule has 0 atom stereocenters. The number of aromatic nitrogens is 1. The molecule has 1 aromatic heterocycles. The molecule has 0 aliphatic rings. The van der Waals surface area contributed by atoms with E-state index in [1.54, 1.807) is 43.3 Å².